The molecule has 12 nitrogen and oxygen atoms in total. The zero-order valence-corrected chi connectivity index (χ0v) is 35.8. The molecule has 0 aromatic heterocycles. The third-order valence-corrected chi connectivity index (χ3v) is 12.3. The Morgan fingerprint density at radius 3 is 2.32 bits per heavy atom. The van der Waals surface area contributed by atoms with Crippen molar-refractivity contribution in [1.29, 1.82) is 0 Å². The van der Waals surface area contributed by atoms with Gasteiger partial charge in [0, 0.05) is 37.7 Å². The first-order valence-electron chi connectivity index (χ1n) is 23.1. The Kier molecular flexibility index (Phi) is 21.6. The highest BCUT2D eigenvalue weighted by Crippen LogP contribution is 2.45. The van der Waals surface area contributed by atoms with Crippen LogP contribution in [-0.2, 0) is 19.1 Å². The van der Waals surface area contributed by atoms with Crippen LogP contribution >= 0.6 is 0 Å². The van der Waals surface area contributed by atoms with Crippen molar-refractivity contribution in [1.82, 2.24) is 15.1 Å². The fourth-order valence-corrected chi connectivity index (χ4v) is 9.09. The number of rotatable bonds is 29. The van der Waals surface area contributed by atoms with Gasteiger partial charge in [-0.3, -0.25) is 10.1 Å². The summed E-state index contributed by atoms with van der Waals surface area (Å²) in [5.41, 5.74) is 13.3. The summed E-state index contributed by atoms with van der Waals surface area (Å²) in [5.74, 6) is -0.126. The number of nitrogens with two attached hydrogens (primary N) is 2. The predicted octanol–water partition coefficient (Wildman–Crippen LogP) is 6.72. The molecule has 1 amide bonds. The summed E-state index contributed by atoms with van der Waals surface area (Å²) in [6.45, 7) is 6.32. The van der Waals surface area contributed by atoms with E-state index in [4.69, 9.17) is 25.9 Å². The lowest BCUT2D eigenvalue weighted by Gasteiger charge is -2.51. The molecule has 57 heavy (non-hydrogen) atoms. The normalized spacial score (nSPS) is 24.0. The van der Waals surface area contributed by atoms with Crippen LogP contribution in [-0.4, -0.2) is 107 Å². The average molecular weight is 801 g/mol. The summed E-state index contributed by atoms with van der Waals surface area (Å²) in [4.78, 5) is 35.7. The first-order chi connectivity index (χ1) is 27.7. The van der Waals surface area contributed by atoms with E-state index in [2.05, 4.69) is 29.3 Å². The van der Waals surface area contributed by atoms with Crippen molar-refractivity contribution in [3.63, 3.8) is 0 Å². The average Bonchev–Trinajstić information content (AvgIpc) is 3.50. The number of carbonyl (C=O) groups excluding carboxylic acids is 2. The summed E-state index contributed by atoms with van der Waals surface area (Å²) in [6, 6.07) is 0.277. The van der Waals surface area contributed by atoms with Gasteiger partial charge in [0.15, 0.2) is 6.29 Å². The number of hydrogen-bond donors (Lipinski definition) is 5. The number of aliphatic imine (C=N–C) groups is 1. The van der Waals surface area contributed by atoms with Gasteiger partial charge >= 0.3 is 5.97 Å². The van der Waals surface area contributed by atoms with Gasteiger partial charge in [-0.1, -0.05) is 89.7 Å². The molecule has 4 aliphatic rings. The highest BCUT2D eigenvalue weighted by molar-refractivity contribution is 6.20. The SMILES string of the molecule is CCC1C=CCCC2(CC3CCC4=C(C(=O)OCCCCCCCCCCCCCCCC(=O)N(CCCN)CC(O)CCN)C(CCCC(C)O)=NC(N2)N43)O1. The summed E-state index contributed by atoms with van der Waals surface area (Å²) < 4.78 is 12.7. The van der Waals surface area contributed by atoms with E-state index in [9.17, 15) is 19.8 Å². The van der Waals surface area contributed by atoms with Gasteiger partial charge in [-0.15, -0.1) is 0 Å². The minimum atomic E-state index is -0.567. The molecular formula is C45H80N6O6. The van der Waals surface area contributed by atoms with Gasteiger partial charge < -0.3 is 41.0 Å². The minimum absolute atomic E-state index is 0.0926. The third-order valence-electron chi connectivity index (χ3n) is 12.3. The molecule has 0 saturated carbocycles. The predicted molar refractivity (Wildman–Crippen MR) is 228 cm³/mol. The van der Waals surface area contributed by atoms with Crippen molar-refractivity contribution >= 4 is 17.6 Å². The lowest BCUT2D eigenvalue weighted by atomic mass is 9.93. The molecule has 12 heteroatoms. The Morgan fingerprint density at radius 1 is 0.982 bits per heavy atom. The molecule has 326 valence electrons. The fraction of sp³-hybridized carbons (Fsp3) is 0.844. The lowest BCUT2D eigenvalue weighted by molar-refractivity contribution is -0.153. The Labute approximate surface area is 344 Å². The molecule has 0 aliphatic carbocycles. The molecule has 7 N–H and O–H groups in total. The largest absolute Gasteiger partial charge is 0.462 e. The number of carbonyl (C=O) groups is 2. The maximum Gasteiger partial charge on any atom is 0.341 e. The van der Waals surface area contributed by atoms with E-state index in [1.807, 2.05) is 6.92 Å². The Morgan fingerprint density at radius 2 is 1.67 bits per heavy atom. The van der Waals surface area contributed by atoms with Gasteiger partial charge in [0.2, 0.25) is 5.91 Å². The van der Waals surface area contributed by atoms with Crippen molar-refractivity contribution in [2.45, 2.75) is 211 Å². The zero-order valence-electron chi connectivity index (χ0n) is 35.8. The van der Waals surface area contributed by atoms with E-state index in [1.165, 1.54) is 44.9 Å². The van der Waals surface area contributed by atoms with Crippen LogP contribution in [0.15, 0.2) is 28.4 Å². The van der Waals surface area contributed by atoms with Crippen LogP contribution < -0.4 is 16.8 Å². The first kappa shape index (κ1) is 47.3. The number of allylic oxidation sites excluding steroid dienone is 2. The van der Waals surface area contributed by atoms with E-state index in [1.54, 1.807) is 4.90 Å². The summed E-state index contributed by atoms with van der Waals surface area (Å²) in [7, 11) is 0. The number of esters is 1. The van der Waals surface area contributed by atoms with E-state index in [0.29, 0.717) is 64.0 Å². The van der Waals surface area contributed by atoms with E-state index in [-0.39, 0.29) is 36.4 Å². The number of aliphatic hydroxyl groups excluding tert-OH is 2. The molecule has 6 unspecified atom stereocenters. The summed E-state index contributed by atoms with van der Waals surface area (Å²) >= 11 is 0. The number of ether oxygens (including phenoxy) is 2. The first-order valence-corrected chi connectivity index (χ1v) is 23.1. The summed E-state index contributed by atoms with van der Waals surface area (Å²) in [5, 5.41) is 23.9. The van der Waals surface area contributed by atoms with Crippen LogP contribution in [0.1, 0.15) is 174 Å². The molecule has 0 aromatic rings. The second kappa shape index (κ2) is 26.0. The number of nitrogens with zero attached hydrogens (tertiary/aromatic N) is 3. The smallest absolute Gasteiger partial charge is 0.341 e. The highest BCUT2D eigenvalue weighted by Gasteiger charge is 2.51. The van der Waals surface area contributed by atoms with Crippen LogP contribution in [0, 0.1) is 0 Å². The maximum absolute atomic E-state index is 13.7. The quantitative estimate of drug-likeness (QED) is 0.0310. The molecule has 4 rings (SSSR count). The number of unbranched alkanes of at least 4 members (excludes halogenated alkanes) is 12. The second-order valence-corrected chi connectivity index (χ2v) is 17.2. The zero-order chi connectivity index (χ0) is 40.9. The van der Waals surface area contributed by atoms with Gasteiger partial charge in [-0.25, -0.2) is 9.79 Å². The Bertz CT molecular complexity index is 1290. The van der Waals surface area contributed by atoms with Gasteiger partial charge in [0.05, 0.1) is 36.2 Å². The standard InChI is InChI=1S/C45H80N6O6/c1-3-38-22-16-17-28-45(57-38)33-36-25-26-40-42(39(23-19-21-35(2)52)48-44(49-45)51(36)40)43(55)56-32-18-14-12-10-8-6-4-5-7-9-11-13-15-24-41(54)50(31-20-29-46)34-37(53)27-30-47/h16,22,35-38,44,49,52-53H,3-15,17-21,23-34,46-47H2,1-2H3. The number of hydrogen-bond acceptors (Lipinski definition) is 11. The van der Waals surface area contributed by atoms with E-state index >= 15 is 0 Å². The molecule has 1 spiro atoms. The monoisotopic (exact) mass is 801 g/mol. The van der Waals surface area contributed by atoms with Crippen molar-refractivity contribution in [3.05, 3.63) is 23.4 Å². The van der Waals surface area contributed by atoms with Gasteiger partial charge in [0.25, 0.3) is 0 Å². The molecule has 0 aromatic carbocycles. The van der Waals surface area contributed by atoms with Crippen molar-refractivity contribution in [2.24, 2.45) is 16.5 Å². The highest BCUT2D eigenvalue weighted by atomic mass is 16.5. The minimum Gasteiger partial charge on any atom is -0.462 e. The molecule has 2 saturated heterocycles. The maximum atomic E-state index is 13.7. The van der Waals surface area contributed by atoms with E-state index in [0.717, 1.165) is 101 Å². The van der Waals surface area contributed by atoms with Gasteiger partial charge in [-0.05, 0) is 97.1 Å². The molecule has 4 aliphatic heterocycles. The van der Waals surface area contributed by atoms with Crippen LogP contribution in [0.25, 0.3) is 0 Å². The molecule has 2 fully saturated rings. The fourth-order valence-electron chi connectivity index (χ4n) is 9.09. The third kappa shape index (κ3) is 15.6. The van der Waals surface area contributed by atoms with Gasteiger partial charge in [-0.2, -0.15) is 0 Å². The Hall–Kier alpha value is -2.35. The molecule has 6 atom stereocenters. The van der Waals surface area contributed by atoms with Crippen molar-refractivity contribution in [3.8, 4) is 0 Å². The van der Waals surface area contributed by atoms with Crippen molar-refractivity contribution < 1.29 is 29.3 Å². The Balaban J connectivity index is 1.08. The van der Waals surface area contributed by atoms with Crippen LogP contribution in [0.2, 0.25) is 0 Å². The molecule has 4 heterocycles. The van der Waals surface area contributed by atoms with Crippen LogP contribution in [0.3, 0.4) is 0 Å². The number of aliphatic hydroxyl groups is 2. The second-order valence-electron chi connectivity index (χ2n) is 17.2. The molecular weight excluding hydrogens is 721 g/mol. The number of amides is 1. The van der Waals surface area contributed by atoms with Crippen molar-refractivity contribution in [2.75, 3.05) is 32.8 Å². The summed E-state index contributed by atoms with van der Waals surface area (Å²) in [6.07, 6.45) is 27.7. The topological polar surface area (TPSA) is 176 Å². The van der Waals surface area contributed by atoms with Crippen LogP contribution in [0.4, 0.5) is 0 Å². The van der Waals surface area contributed by atoms with Gasteiger partial charge in [0.1, 0.15) is 5.72 Å². The number of nitrogens with one attached hydrogen (secondary N) is 1. The molecule has 0 radical (unpaired) electrons. The van der Waals surface area contributed by atoms with E-state index < -0.39 is 11.8 Å². The lowest BCUT2D eigenvalue weighted by Crippen LogP contribution is -2.66. The van der Waals surface area contributed by atoms with Crippen LogP contribution in [0.5, 0.6) is 0 Å². The molecule has 0 bridgehead atoms.